The zero-order chi connectivity index (χ0) is 23.9. The second kappa shape index (κ2) is 10.7. The van der Waals surface area contributed by atoms with Gasteiger partial charge >= 0.3 is 0 Å². The van der Waals surface area contributed by atoms with E-state index in [0.717, 1.165) is 12.0 Å². The van der Waals surface area contributed by atoms with Crippen LogP contribution in [0, 0.1) is 11.7 Å². The molecule has 0 spiro atoms. The summed E-state index contributed by atoms with van der Waals surface area (Å²) >= 11 is 0. The maximum absolute atomic E-state index is 13.1. The number of amides is 3. The Kier molecular flexibility index (Phi) is 7.32. The number of carbonyl (C=O) groups excluding carboxylic acids is 3. The Morgan fingerprint density at radius 3 is 2.32 bits per heavy atom. The lowest BCUT2D eigenvalue weighted by Crippen LogP contribution is -2.44. The summed E-state index contributed by atoms with van der Waals surface area (Å²) in [7, 11) is 0. The van der Waals surface area contributed by atoms with Crippen molar-refractivity contribution >= 4 is 29.1 Å². The van der Waals surface area contributed by atoms with E-state index in [0.29, 0.717) is 36.4 Å². The maximum atomic E-state index is 13.1. The average Bonchev–Trinajstić information content (AvgIpc) is 2.86. The predicted molar refractivity (Wildman–Crippen MR) is 129 cm³/mol. The fourth-order valence-electron chi connectivity index (χ4n) is 4.02. The molecule has 0 radical (unpaired) electrons. The number of rotatable bonds is 6. The zero-order valence-electron chi connectivity index (χ0n) is 18.7. The molecule has 3 aromatic rings. The Bertz CT molecular complexity index is 1170. The molecule has 174 valence electrons. The maximum Gasteiger partial charge on any atom is 0.255 e. The molecule has 1 aliphatic heterocycles. The molecule has 3 amide bonds. The third-order valence-electron chi connectivity index (χ3n) is 5.84. The number of anilines is 2. The van der Waals surface area contributed by atoms with Crippen LogP contribution < -0.4 is 10.6 Å². The first kappa shape index (κ1) is 23.2. The first-order valence-electron chi connectivity index (χ1n) is 11.3. The zero-order valence-corrected chi connectivity index (χ0v) is 18.7. The van der Waals surface area contributed by atoms with Crippen LogP contribution in [0.5, 0.6) is 0 Å². The van der Waals surface area contributed by atoms with Gasteiger partial charge in [-0.1, -0.05) is 36.4 Å². The highest BCUT2D eigenvalue weighted by Crippen LogP contribution is 2.22. The smallest absolute Gasteiger partial charge is 0.255 e. The van der Waals surface area contributed by atoms with Crippen LogP contribution in [-0.2, 0) is 16.0 Å². The number of hydrogen-bond acceptors (Lipinski definition) is 3. The molecule has 1 saturated heterocycles. The Labute approximate surface area is 197 Å². The molecule has 34 heavy (non-hydrogen) atoms. The van der Waals surface area contributed by atoms with Gasteiger partial charge in [-0.25, -0.2) is 4.39 Å². The van der Waals surface area contributed by atoms with Gasteiger partial charge in [0, 0.05) is 30.0 Å². The van der Waals surface area contributed by atoms with Gasteiger partial charge in [-0.15, -0.1) is 0 Å². The van der Waals surface area contributed by atoms with Crippen molar-refractivity contribution < 1.29 is 18.8 Å². The number of halogens is 1. The molecule has 1 fully saturated rings. The molecule has 0 aromatic heterocycles. The first-order chi connectivity index (χ1) is 16.5. The van der Waals surface area contributed by atoms with Crippen LogP contribution in [0.3, 0.4) is 0 Å². The highest BCUT2D eigenvalue weighted by atomic mass is 19.1. The molecule has 1 heterocycles. The number of likely N-dealkylation sites (tertiary alicyclic amines) is 1. The number of carbonyl (C=O) groups is 3. The fourth-order valence-corrected chi connectivity index (χ4v) is 4.02. The van der Waals surface area contributed by atoms with Gasteiger partial charge in [0.05, 0.1) is 12.3 Å². The van der Waals surface area contributed by atoms with Crippen molar-refractivity contribution in [1.82, 2.24) is 4.90 Å². The van der Waals surface area contributed by atoms with Crippen LogP contribution in [-0.4, -0.2) is 35.7 Å². The van der Waals surface area contributed by atoms with E-state index < -0.39 is 0 Å². The summed E-state index contributed by atoms with van der Waals surface area (Å²) in [6.45, 7) is 0.946. The van der Waals surface area contributed by atoms with E-state index in [1.807, 2.05) is 6.07 Å². The quantitative estimate of drug-likeness (QED) is 0.570. The van der Waals surface area contributed by atoms with Crippen LogP contribution in [0.4, 0.5) is 15.8 Å². The summed E-state index contributed by atoms with van der Waals surface area (Å²) < 4.78 is 13.1. The molecule has 7 heteroatoms. The number of benzene rings is 3. The molecular weight excluding hydrogens is 433 g/mol. The van der Waals surface area contributed by atoms with Crippen molar-refractivity contribution in [2.75, 3.05) is 23.7 Å². The Balaban J connectivity index is 1.34. The highest BCUT2D eigenvalue weighted by molar-refractivity contribution is 6.04. The van der Waals surface area contributed by atoms with Crippen LogP contribution in [0.1, 0.15) is 28.8 Å². The molecule has 0 aliphatic carbocycles. The molecule has 3 aromatic carbocycles. The van der Waals surface area contributed by atoms with E-state index in [2.05, 4.69) is 10.6 Å². The summed E-state index contributed by atoms with van der Waals surface area (Å²) in [6.07, 6.45) is 1.61. The van der Waals surface area contributed by atoms with Crippen LogP contribution >= 0.6 is 0 Å². The first-order valence-corrected chi connectivity index (χ1v) is 11.3. The minimum absolute atomic E-state index is 0.0743. The molecule has 1 unspecified atom stereocenters. The minimum Gasteiger partial charge on any atom is -0.342 e. The van der Waals surface area contributed by atoms with Gasteiger partial charge in [0.15, 0.2) is 0 Å². The minimum atomic E-state index is -0.338. The van der Waals surface area contributed by atoms with Gasteiger partial charge in [-0.05, 0) is 60.9 Å². The van der Waals surface area contributed by atoms with Crippen LogP contribution in [0.25, 0.3) is 0 Å². The molecule has 4 rings (SSSR count). The van der Waals surface area contributed by atoms with Gasteiger partial charge < -0.3 is 15.5 Å². The van der Waals surface area contributed by atoms with E-state index in [4.69, 9.17) is 0 Å². The van der Waals surface area contributed by atoms with E-state index in [1.165, 1.54) is 12.1 Å². The van der Waals surface area contributed by atoms with Gasteiger partial charge in [0.1, 0.15) is 5.82 Å². The second-order valence-corrected chi connectivity index (χ2v) is 8.37. The van der Waals surface area contributed by atoms with Gasteiger partial charge in [0.25, 0.3) is 5.91 Å². The van der Waals surface area contributed by atoms with Gasteiger partial charge in [-0.2, -0.15) is 0 Å². The number of nitrogens with one attached hydrogen (secondary N) is 2. The number of piperidine rings is 1. The third-order valence-corrected chi connectivity index (χ3v) is 5.84. The number of hydrogen-bond donors (Lipinski definition) is 2. The normalized spacial score (nSPS) is 15.4. The van der Waals surface area contributed by atoms with E-state index >= 15 is 0 Å². The third kappa shape index (κ3) is 6.07. The SMILES string of the molecule is O=C(Nc1cccc(NC(=O)C2CCCN(C(=O)Cc3ccc(F)cc3)C2)c1)c1ccccc1. The van der Waals surface area contributed by atoms with E-state index in [-0.39, 0.29) is 35.9 Å². The average molecular weight is 460 g/mol. The lowest BCUT2D eigenvalue weighted by atomic mass is 9.96. The van der Waals surface area contributed by atoms with Gasteiger partial charge in [0.2, 0.25) is 11.8 Å². The van der Waals surface area contributed by atoms with Crippen molar-refractivity contribution in [2.45, 2.75) is 19.3 Å². The van der Waals surface area contributed by atoms with E-state index in [1.54, 1.807) is 65.6 Å². The van der Waals surface area contributed by atoms with Crippen LogP contribution in [0.2, 0.25) is 0 Å². The topological polar surface area (TPSA) is 78.5 Å². The lowest BCUT2D eigenvalue weighted by molar-refractivity contribution is -0.133. The molecule has 6 nitrogen and oxygen atoms in total. The number of nitrogens with zero attached hydrogens (tertiary/aromatic N) is 1. The standard InChI is InChI=1S/C27H26FN3O3/c28-22-13-11-19(12-14-22)16-25(32)31-15-5-8-21(18-31)27(34)30-24-10-4-9-23(17-24)29-26(33)20-6-2-1-3-7-20/h1-4,6-7,9-14,17,21H,5,8,15-16,18H2,(H,29,33)(H,30,34). The molecule has 0 bridgehead atoms. The summed E-state index contributed by atoms with van der Waals surface area (Å²) in [6, 6.07) is 21.8. The summed E-state index contributed by atoms with van der Waals surface area (Å²) in [5.41, 5.74) is 2.44. The van der Waals surface area contributed by atoms with Crippen molar-refractivity contribution in [3.05, 3.63) is 95.8 Å². The Morgan fingerprint density at radius 2 is 1.59 bits per heavy atom. The summed E-state index contributed by atoms with van der Waals surface area (Å²) in [5.74, 6) is -1.13. The lowest BCUT2D eigenvalue weighted by Gasteiger charge is -2.32. The monoisotopic (exact) mass is 459 g/mol. The van der Waals surface area contributed by atoms with Gasteiger partial charge in [-0.3, -0.25) is 14.4 Å². The molecule has 2 N–H and O–H groups in total. The van der Waals surface area contributed by atoms with Crippen molar-refractivity contribution in [1.29, 1.82) is 0 Å². The van der Waals surface area contributed by atoms with Crippen LogP contribution in [0.15, 0.2) is 78.9 Å². The molecule has 1 atom stereocenters. The van der Waals surface area contributed by atoms with Crippen molar-refractivity contribution in [3.63, 3.8) is 0 Å². The second-order valence-electron chi connectivity index (χ2n) is 8.37. The molecule has 1 aliphatic rings. The fraction of sp³-hybridized carbons (Fsp3) is 0.222. The highest BCUT2D eigenvalue weighted by Gasteiger charge is 2.28. The van der Waals surface area contributed by atoms with Crippen molar-refractivity contribution in [3.8, 4) is 0 Å². The molecule has 0 saturated carbocycles. The summed E-state index contributed by atoms with van der Waals surface area (Å²) in [4.78, 5) is 39.7. The Hall–Kier alpha value is -4.00. The Morgan fingerprint density at radius 1 is 0.882 bits per heavy atom. The van der Waals surface area contributed by atoms with E-state index in [9.17, 15) is 18.8 Å². The van der Waals surface area contributed by atoms with Crippen molar-refractivity contribution in [2.24, 2.45) is 5.92 Å². The molecular formula is C27H26FN3O3. The largest absolute Gasteiger partial charge is 0.342 e. The summed E-state index contributed by atoms with van der Waals surface area (Å²) in [5, 5.41) is 5.74. The predicted octanol–water partition coefficient (Wildman–Crippen LogP) is 4.50.